The van der Waals surface area contributed by atoms with Crippen molar-refractivity contribution >= 4 is 34.0 Å². The van der Waals surface area contributed by atoms with Gasteiger partial charge in [-0.3, -0.25) is 9.69 Å². The Labute approximate surface area is 201 Å². The molecule has 4 rings (SSSR count). The second kappa shape index (κ2) is 10.6. The van der Waals surface area contributed by atoms with Gasteiger partial charge in [-0.25, -0.2) is 15.0 Å². The molecule has 11 heteroatoms. The Morgan fingerprint density at radius 2 is 2.06 bits per heavy atom. The maximum atomic E-state index is 13.0. The van der Waals surface area contributed by atoms with Crippen molar-refractivity contribution in [3.8, 4) is 16.6 Å². The molecule has 34 heavy (non-hydrogen) atoms. The average Bonchev–Trinajstić information content (AvgIpc) is 3.25. The van der Waals surface area contributed by atoms with Crippen LogP contribution in [-0.4, -0.2) is 82.1 Å². The largest absolute Gasteiger partial charge is 0.395 e. The molecule has 1 saturated heterocycles. The first-order valence-electron chi connectivity index (χ1n) is 10.9. The van der Waals surface area contributed by atoms with E-state index in [4.69, 9.17) is 5.11 Å². The molecule has 1 fully saturated rings. The van der Waals surface area contributed by atoms with Crippen LogP contribution in [0.1, 0.15) is 21.6 Å². The zero-order chi connectivity index (χ0) is 24.1. The van der Waals surface area contributed by atoms with Gasteiger partial charge in [0.15, 0.2) is 5.13 Å². The first kappa shape index (κ1) is 23.6. The van der Waals surface area contributed by atoms with E-state index in [0.29, 0.717) is 48.1 Å². The number of carbonyl (C=O) groups excluding carboxylic acids is 1. The van der Waals surface area contributed by atoms with Crippen molar-refractivity contribution in [2.75, 3.05) is 57.0 Å². The molecule has 1 aliphatic heterocycles. The number of hydrogen-bond donors (Lipinski definition) is 3. The van der Waals surface area contributed by atoms with Gasteiger partial charge in [0.1, 0.15) is 11.8 Å². The minimum Gasteiger partial charge on any atom is -0.395 e. The number of carbonyl (C=O) groups is 1. The van der Waals surface area contributed by atoms with E-state index in [9.17, 15) is 10.1 Å². The number of amides is 1. The Balaban J connectivity index is 1.52. The number of aryl methyl sites for hydroxylation is 1. The van der Waals surface area contributed by atoms with Crippen molar-refractivity contribution in [2.24, 2.45) is 0 Å². The Morgan fingerprint density at radius 1 is 1.26 bits per heavy atom. The molecular formula is C23H26N8O2S. The number of β-amino-alcohol motifs (C(OH)–C–C–N with tert-alkyl or cyclic N) is 1. The fraction of sp³-hybridized carbons (Fsp3) is 0.348. The number of aliphatic hydroxyl groups is 1. The second-order valence-electron chi connectivity index (χ2n) is 7.81. The van der Waals surface area contributed by atoms with Gasteiger partial charge < -0.3 is 20.6 Å². The first-order chi connectivity index (χ1) is 16.5. The van der Waals surface area contributed by atoms with Crippen molar-refractivity contribution in [2.45, 2.75) is 6.92 Å². The number of rotatable bonds is 7. The van der Waals surface area contributed by atoms with Gasteiger partial charge in [0, 0.05) is 51.0 Å². The molecule has 1 aromatic carbocycles. The normalized spacial score (nSPS) is 14.0. The van der Waals surface area contributed by atoms with E-state index in [1.165, 1.54) is 17.5 Å². The summed E-state index contributed by atoms with van der Waals surface area (Å²) in [6.45, 7) is 5.38. The molecule has 0 spiro atoms. The van der Waals surface area contributed by atoms with Crippen LogP contribution in [0, 0.1) is 18.3 Å². The lowest BCUT2D eigenvalue weighted by Gasteiger charge is -2.34. The highest BCUT2D eigenvalue weighted by molar-refractivity contribution is 7.19. The summed E-state index contributed by atoms with van der Waals surface area (Å²) in [5.41, 5.74) is 2.92. The smallest absolute Gasteiger partial charge is 0.254 e. The molecule has 0 atom stereocenters. The lowest BCUT2D eigenvalue weighted by Crippen LogP contribution is -2.49. The molecule has 2 aromatic heterocycles. The molecule has 3 aromatic rings. The standard InChI is InChI=1S/C23H26N8O2S/c1-15-20(34-23(25-2)27-15)19-17(13-24)14-26-22(29-19)28-18-5-3-4-16(12-18)21(33)31-8-6-30(7-9-31)10-11-32/h3-5,12,14,32H,6-11H2,1-2H3,(H,25,27)(H,26,28,29). The molecule has 3 N–H and O–H groups in total. The van der Waals surface area contributed by atoms with E-state index in [0.717, 1.165) is 28.8 Å². The highest BCUT2D eigenvalue weighted by Crippen LogP contribution is 2.33. The molecule has 0 saturated carbocycles. The van der Waals surface area contributed by atoms with E-state index in [1.807, 2.05) is 24.0 Å². The van der Waals surface area contributed by atoms with E-state index in [1.54, 1.807) is 19.2 Å². The van der Waals surface area contributed by atoms with Crippen LogP contribution < -0.4 is 10.6 Å². The zero-order valence-electron chi connectivity index (χ0n) is 19.1. The summed E-state index contributed by atoms with van der Waals surface area (Å²) >= 11 is 1.42. The lowest BCUT2D eigenvalue weighted by atomic mass is 10.1. The van der Waals surface area contributed by atoms with Crippen molar-refractivity contribution in [1.82, 2.24) is 24.8 Å². The van der Waals surface area contributed by atoms with E-state index >= 15 is 0 Å². The van der Waals surface area contributed by atoms with Crippen molar-refractivity contribution in [3.05, 3.63) is 47.3 Å². The molecule has 0 unspecified atom stereocenters. The zero-order valence-corrected chi connectivity index (χ0v) is 19.9. The number of piperazine rings is 1. The quantitative estimate of drug-likeness (QED) is 0.468. The van der Waals surface area contributed by atoms with Crippen LogP contribution in [0.15, 0.2) is 30.5 Å². The van der Waals surface area contributed by atoms with Gasteiger partial charge in [0.25, 0.3) is 5.91 Å². The Bertz CT molecular complexity index is 1210. The minimum absolute atomic E-state index is 0.0337. The van der Waals surface area contributed by atoms with Gasteiger partial charge in [-0.05, 0) is 25.1 Å². The monoisotopic (exact) mass is 478 g/mol. The number of thiazole rings is 1. The predicted molar refractivity (Wildman–Crippen MR) is 131 cm³/mol. The van der Waals surface area contributed by atoms with Gasteiger partial charge in [-0.1, -0.05) is 17.4 Å². The fourth-order valence-electron chi connectivity index (χ4n) is 3.78. The van der Waals surface area contributed by atoms with Gasteiger partial charge in [-0.15, -0.1) is 0 Å². The summed E-state index contributed by atoms with van der Waals surface area (Å²) in [4.78, 5) is 31.1. The topological polar surface area (TPSA) is 130 Å². The third-order valence-corrected chi connectivity index (χ3v) is 6.76. The summed E-state index contributed by atoms with van der Waals surface area (Å²) in [7, 11) is 1.80. The maximum Gasteiger partial charge on any atom is 0.254 e. The van der Waals surface area contributed by atoms with E-state index < -0.39 is 0 Å². The predicted octanol–water partition coefficient (Wildman–Crippen LogP) is 2.32. The van der Waals surface area contributed by atoms with E-state index in [-0.39, 0.29) is 12.5 Å². The molecule has 3 heterocycles. The molecule has 1 amide bonds. The van der Waals surface area contributed by atoms with Gasteiger partial charge in [0.2, 0.25) is 5.95 Å². The fourth-order valence-corrected chi connectivity index (χ4v) is 4.70. The SMILES string of the molecule is CNc1nc(C)c(-c2nc(Nc3cccc(C(=O)N4CCN(CCO)CC4)c3)ncc2C#N)s1. The lowest BCUT2D eigenvalue weighted by molar-refractivity contribution is 0.0615. The number of aromatic nitrogens is 3. The molecule has 0 aliphatic carbocycles. The van der Waals surface area contributed by atoms with Crippen molar-refractivity contribution in [1.29, 1.82) is 5.26 Å². The summed E-state index contributed by atoms with van der Waals surface area (Å²) in [6, 6.07) is 9.37. The van der Waals surface area contributed by atoms with Crippen LogP contribution in [0.5, 0.6) is 0 Å². The van der Waals surface area contributed by atoms with Crippen LogP contribution in [0.25, 0.3) is 10.6 Å². The number of nitriles is 1. The summed E-state index contributed by atoms with van der Waals surface area (Å²) in [5, 5.41) is 25.6. The molecule has 10 nitrogen and oxygen atoms in total. The number of benzene rings is 1. The molecular weight excluding hydrogens is 452 g/mol. The number of hydrogen-bond acceptors (Lipinski definition) is 10. The molecule has 176 valence electrons. The molecule has 1 aliphatic rings. The van der Waals surface area contributed by atoms with Crippen LogP contribution in [0.3, 0.4) is 0 Å². The maximum absolute atomic E-state index is 13.0. The van der Waals surface area contributed by atoms with Gasteiger partial charge >= 0.3 is 0 Å². The second-order valence-corrected chi connectivity index (χ2v) is 8.81. The summed E-state index contributed by atoms with van der Waals surface area (Å²) in [5.74, 6) is 0.295. The van der Waals surface area contributed by atoms with Crippen molar-refractivity contribution in [3.63, 3.8) is 0 Å². The summed E-state index contributed by atoms with van der Waals surface area (Å²) in [6.07, 6.45) is 1.49. The van der Waals surface area contributed by atoms with Gasteiger partial charge in [0.05, 0.1) is 28.9 Å². The van der Waals surface area contributed by atoms with Gasteiger partial charge in [-0.2, -0.15) is 5.26 Å². The van der Waals surface area contributed by atoms with Crippen LogP contribution in [0.2, 0.25) is 0 Å². The molecule has 0 radical (unpaired) electrons. The number of anilines is 3. The third kappa shape index (κ3) is 5.14. The highest BCUT2D eigenvalue weighted by atomic mass is 32.1. The van der Waals surface area contributed by atoms with Crippen LogP contribution >= 0.6 is 11.3 Å². The minimum atomic E-state index is -0.0337. The van der Waals surface area contributed by atoms with E-state index in [2.05, 4.69) is 36.6 Å². The Kier molecular flexibility index (Phi) is 7.32. The van der Waals surface area contributed by atoms with Crippen molar-refractivity contribution < 1.29 is 9.90 Å². The third-order valence-electron chi connectivity index (χ3n) is 5.58. The number of nitrogens with one attached hydrogen (secondary N) is 2. The number of aliphatic hydroxyl groups excluding tert-OH is 1. The molecule has 0 bridgehead atoms. The Hall–Kier alpha value is -3.59. The average molecular weight is 479 g/mol. The van der Waals surface area contributed by atoms with Crippen LogP contribution in [-0.2, 0) is 0 Å². The first-order valence-corrected chi connectivity index (χ1v) is 11.8. The summed E-state index contributed by atoms with van der Waals surface area (Å²) < 4.78 is 0. The highest BCUT2D eigenvalue weighted by Gasteiger charge is 2.22. The number of nitrogens with zero attached hydrogens (tertiary/aromatic N) is 6. The Morgan fingerprint density at radius 3 is 2.74 bits per heavy atom. The van der Waals surface area contributed by atoms with Crippen LogP contribution in [0.4, 0.5) is 16.8 Å².